The van der Waals surface area contributed by atoms with Crippen molar-refractivity contribution in [2.24, 2.45) is 0 Å². The highest BCUT2D eigenvalue weighted by molar-refractivity contribution is 7.80. The minimum Gasteiger partial charge on any atom is -0.351 e. The number of carbonyl (C=O) groups is 2. The molecular weight excluding hydrogens is 370 g/mol. The first-order chi connectivity index (χ1) is 13.6. The van der Waals surface area contributed by atoms with E-state index in [9.17, 15) is 9.59 Å². The normalized spacial score (nSPS) is 19.5. The van der Waals surface area contributed by atoms with E-state index in [0.717, 1.165) is 23.2 Å². The first kappa shape index (κ1) is 18.6. The Morgan fingerprint density at radius 1 is 1.18 bits per heavy atom. The molecular formula is C22H23N3O2S. The van der Waals surface area contributed by atoms with E-state index in [0.29, 0.717) is 6.04 Å². The Kier molecular flexibility index (Phi) is 5.13. The number of nitrogens with one attached hydrogen (secondary N) is 1. The molecule has 2 heterocycles. The highest BCUT2D eigenvalue weighted by Gasteiger charge is 2.35. The standard InChI is InChI=1S/C22H23N3O2S/c1-2-16-7-3-6-10-19(16)25-21(27)18(20(26)23-22(25)28)13-15-11-12-24(14-15)17-8-4-5-9-17/h3,6-7,10-14,17H,2,4-5,8-9H2,1H3,(H,23,26,28)/b18-13-. The lowest BCUT2D eigenvalue weighted by Gasteiger charge is -2.30. The highest BCUT2D eigenvalue weighted by Crippen LogP contribution is 2.30. The highest BCUT2D eigenvalue weighted by atomic mass is 32.1. The predicted molar refractivity (Wildman–Crippen MR) is 114 cm³/mol. The second-order valence-electron chi connectivity index (χ2n) is 7.27. The molecule has 144 valence electrons. The van der Waals surface area contributed by atoms with Crippen molar-refractivity contribution < 1.29 is 9.59 Å². The number of anilines is 1. The van der Waals surface area contributed by atoms with Gasteiger partial charge in [0.1, 0.15) is 5.57 Å². The number of nitrogens with zero attached hydrogens (tertiary/aromatic N) is 2. The quantitative estimate of drug-likeness (QED) is 0.485. The van der Waals surface area contributed by atoms with Crippen LogP contribution >= 0.6 is 12.2 Å². The summed E-state index contributed by atoms with van der Waals surface area (Å²) in [7, 11) is 0. The van der Waals surface area contributed by atoms with Gasteiger partial charge >= 0.3 is 0 Å². The summed E-state index contributed by atoms with van der Waals surface area (Å²) in [5.74, 6) is -0.836. The van der Waals surface area contributed by atoms with Gasteiger partial charge in [0.2, 0.25) is 0 Å². The molecule has 2 amide bonds. The van der Waals surface area contributed by atoms with Crippen molar-refractivity contribution in [3.05, 3.63) is 59.4 Å². The zero-order chi connectivity index (χ0) is 19.7. The van der Waals surface area contributed by atoms with Gasteiger partial charge in [-0.1, -0.05) is 38.0 Å². The molecule has 1 saturated carbocycles. The molecule has 5 nitrogen and oxygen atoms in total. The molecule has 1 aromatic carbocycles. The molecule has 6 heteroatoms. The monoisotopic (exact) mass is 393 g/mol. The van der Waals surface area contributed by atoms with Crippen molar-refractivity contribution in [1.82, 2.24) is 9.88 Å². The van der Waals surface area contributed by atoms with E-state index in [1.165, 1.54) is 30.6 Å². The number of rotatable bonds is 4. The number of aryl methyl sites for hydroxylation is 1. The van der Waals surface area contributed by atoms with Crippen molar-refractivity contribution in [3.8, 4) is 0 Å². The molecule has 1 aromatic heterocycles. The number of hydrogen-bond acceptors (Lipinski definition) is 3. The number of para-hydroxylation sites is 1. The number of thiocarbonyl (C=S) groups is 1. The maximum Gasteiger partial charge on any atom is 0.270 e. The average Bonchev–Trinajstić information content (AvgIpc) is 3.37. The summed E-state index contributed by atoms with van der Waals surface area (Å²) < 4.78 is 2.19. The van der Waals surface area contributed by atoms with Crippen LogP contribution in [0.1, 0.15) is 49.8 Å². The van der Waals surface area contributed by atoms with Crippen LogP contribution in [0.4, 0.5) is 5.69 Å². The van der Waals surface area contributed by atoms with Crippen LogP contribution in [0.25, 0.3) is 6.08 Å². The summed E-state index contributed by atoms with van der Waals surface area (Å²) >= 11 is 5.31. The smallest absolute Gasteiger partial charge is 0.270 e. The molecule has 2 aromatic rings. The maximum atomic E-state index is 13.2. The number of benzene rings is 1. The van der Waals surface area contributed by atoms with Gasteiger partial charge in [0, 0.05) is 18.4 Å². The Morgan fingerprint density at radius 3 is 2.68 bits per heavy atom. The van der Waals surface area contributed by atoms with Gasteiger partial charge in [-0.3, -0.25) is 19.8 Å². The van der Waals surface area contributed by atoms with E-state index in [4.69, 9.17) is 12.2 Å². The SMILES string of the molecule is CCc1ccccc1N1C(=O)/C(=C\c2ccn(C3CCCC3)c2)C(=O)NC1=S. The van der Waals surface area contributed by atoms with Crippen LogP contribution in [0.5, 0.6) is 0 Å². The lowest BCUT2D eigenvalue weighted by molar-refractivity contribution is -0.122. The zero-order valence-corrected chi connectivity index (χ0v) is 16.7. The van der Waals surface area contributed by atoms with E-state index < -0.39 is 5.91 Å². The summed E-state index contributed by atoms with van der Waals surface area (Å²) in [6.45, 7) is 2.03. The van der Waals surface area contributed by atoms with Crippen LogP contribution in [0, 0.1) is 0 Å². The van der Waals surface area contributed by atoms with Crippen molar-refractivity contribution in [2.45, 2.75) is 45.1 Å². The van der Waals surface area contributed by atoms with Crippen LogP contribution < -0.4 is 10.2 Å². The number of carbonyl (C=O) groups excluding carboxylic acids is 2. The predicted octanol–water partition coefficient (Wildman–Crippen LogP) is 4.00. The van der Waals surface area contributed by atoms with Gasteiger partial charge in [-0.05, 0) is 60.8 Å². The summed E-state index contributed by atoms with van der Waals surface area (Å²) in [6, 6.07) is 10.1. The van der Waals surface area contributed by atoms with Crippen LogP contribution in [0.2, 0.25) is 0 Å². The summed E-state index contributed by atoms with van der Waals surface area (Å²) in [5, 5.41) is 2.79. The second-order valence-corrected chi connectivity index (χ2v) is 7.66. The van der Waals surface area contributed by atoms with Crippen molar-refractivity contribution in [1.29, 1.82) is 0 Å². The third-order valence-corrected chi connectivity index (χ3v) is 5.79. The largest absolute Gasteiger partial charge is 0.351 e. The van der Waals surface area contributed by atoms with Gasteiger partial charge in [0.25, 0.3) is 11.8 Å². The third-order valence-electron chi connectivity index (χ3n) is 5.51. The van der Waals surface area contributed by atoms with Gasteiger partial charge in [-0.2, -0.15) is 0 Å². The van der Waals surface area contributed by atoms with Crippen molar-refractivity contribution in [3.63, 3.8) is 0 Å². The fourth-order valence-corrected chi connectivity index (χ4v) is 4.29. The molecule has 0 radical (unpaired) electrons. The number of hydrogen-bond donors (Lipinski definition) is 1. The van der Waals surface area contributed by atoms with Gasteiger partial charge in [0.05, 0.1) is 5.69 Å². The first-order valence-corrected chi connectivity index (χ1v) is 10.2. The molecule has 0 bridgehead atoms. The Balaban J connectivity index is 1.67. The maximum absolute atomic E-state index is 13.2. The molecule has 4 rings (SSSR count). The van der Waals surface area contributed by atoms with E-state index in [2.05, 4.69) is 9.88 Å². The molecule has 28 heavy (non-hydrogen) atoms. The first-order valence-electron chi connectivity index (χ1n) is 9.75. The Labute approximate surface area is 170 Å². The lowest BCUT2D eigenvalue weighted by atomic mass is 10.1. The van der Waals surface area contributed by atoms with Crippen molar-refractivity contribution in [2.75, 3.05) is 4.90 Å². The molecule has 0 atom stereocenters. The van der Waals surface area contributed by atoms with E-state index in [1.54, 1.807) is 6.08 Å². The summed E-state index contributed by atoms with van der Waals surface area (Å²) in [5.41, 5.74) is 2.67. The van der Waals surface area contributed by atoms with Crippen LogP contribution in [0.3, 0.4) is 0 Å². The Bertz CT molecular complexity index is 970. The topological polar surface area (TPSA) is 54.3 Å². The summed E-state index contributed by atoms with van der Waals surface area (Å²) in [6.07, 6.45) is 11.3. The molecule has 1 N–H and O–H groups in total. The van der Waals surface area contributed by atoms with Crippen LogP contribution in [-0.4, -0.2) is 21.5 Å². The van der Waals surface area contributed by atoms with Gasteiger partial charge in [-0.25, -0.2) is 0 Å². The van der Waals surface area contributed by atoms with E-state index in [-0.39, 0.29) is 16.6 Å². The minimum absolute atomic E-state index is 0.101. The molecule has 1 aliphatic carbocycles. The Hall–Kier alpha value is -2.73. The molecule has 0 unspecified atom stereocenters. The molecule has 1 saturated heterocycles. The minimum atomic E-state index is -0.450. The third kappa shape index (κ3) is 3.40. The molecule has 2 fully saturated rings. The van der Waals surface area contributed by atoms with Crippen molar-refractivity contribution >= 4 is 40.9 Å². The number of aromatic nitrogens is 1. The van der Waals surface area contributed by atoms with Gasteiger partial charge < -0.3 is 4.57 Å². The lowest BCUT2D eigenvalue weighted by Crippen LogP contribution is -2.54. The van der Waals surface area contributed by atoms with Gasteiger partial charge in [0.15, 0.2) is 5.11 Å². The fraction of sp³-hybridized carbons (Fsp3) is 0.318. The van der Waals surface area contributed by atoms with E-state index in [1.807, 2.05) is 49.6 Å². The van der Waals surface area contributed by atoms with Crippen LogP contribution in [0.15, 0.2) is 48.3 Å². The Morgan fingerprint density at radius 2 is 1.93 bits per heavy atom. The molecule has 1 aliphatic heterocycles. The van der Waals surface area contributed by atoms with Gasteiger partial charge in [-0.15, -0.1) is 0 Å². The molecule has 2 aliphatic rings. The van der Waals surface area contributed by atoms with E-state index >= 15 is 0 Å². The number of amides is 2. The molecule has 0 spiro atoms. The average molecular weight is 394 g/mol. The van der Waals surface area contributed by atoms with Crippen LogP contribution in [-0.2, 0) is 16.0 Å². The second kappa shape index (κ2) is 7.72. The zero-order valence-electron chi connectivity index (χ0n) is 15.9. The summed E-state index contributed by atoms with van der Waals surface area (Å²) in [4.78, 5) is 27.1. The fourth-order valence-electron chi connectivity index (χ4n) is 4.02.